The number of aryl methyl sites for hydroxylation is 1. The Morgan fingerprint density at radius 2 is 1.79 bits per heavy atom. The van der Waals surface area contributed by atoms with Gasteiger partial charge in [0.1, 0.15) is 0 Å². The Kier molecular flexibility index (Phi) is 5.01. The van der Waals surface area contributed by atoms with Crippen LogP contribution in [-0.2, 0) is 13.1 Å². The Labute approximate surface area is 163 Å². The number of carbonyl (C=O) groups excluding carboxylic acids is 1. The van der Waals surface area contributed by atoms with Gasteiger partial charge < -0.3 is 9.88 Å². The molecule has 0 aliphatic heterocycles. The number of benzene rings is 2. The number of hydrogen-bond acceptors (Lipinski definition) is 3. The lowest BCUT2D eigenvalue weighted by molar-refractivity contribution is 0.0951. The molecule has 0 radical (unpaired) electrons. The summed E-state index contributed by atoms with van der Waals surface area (Å²) in [6.07, 6.45) is 7.24. The number of carbonyl (C=O) groups is 1. The number of nitrogens with one attached hydrogen (secondary N) is 1. The highest BCUT2D eigenvalue weighted by Crippen LogP contribution is 2.13. The lowest BCUT2D eigenvalue weighted by Gasteiger charge is -2.12. The van der Waals surface area contributed by atoms with E-state index in [2.05, 4.69) is 21.5 Å². The fourth-order valence-corrected chi connectivity index (χ4v) is 3.13. The molecule has 1 N–H and O–H groups in total. The van der Waals surface area contributed by atoms with Crippen molar-refractivity contribution in [2.45, 2.75) is 20.0 Å². The van der Waals surface area contributed by atoms with Gasteiger partial charge in [-0.2, -0.15) is 5.10 Å². The Morgan fingerprint density at radius 3 is 2.46 bits per heavy atom. The smallest absolute Gasteiger partial charge is 0.251 e. The molecule has 0 aliphatic rings. The SMILES string of the molecule is Cc1ccnn1-c1ccc(C(=O)NCc2ccccc2Cn2ccnc2)cc1. The van der Waals surface area contributed by atoms with Gasteiger partial charge in [0.25, 0.3) is 5.91 Å². The summed E-state index contributed by atoms with van der Waals surface area (Å²) in [5.74, 6) is -0.0961. The van der Waals surface area contributed by atoms with E-state index >= 15 is 0 Å². The quantitative estimate of drug-likeness (QED) is 0.565. The number of rotatable bonds is 6. The molecule has 0 aliphatic carbocycles. The summed E-state index contributed by atoms with van der Waals surface area (Å²) in [6, 6.07) is 17.5. The van der Waals surface area contributed by atoms with Crippen LogP contribution >= 0.6 is 0 Å². The van der Waals surface area contributed by atoms with E-state index in [0.717, 1.165) is 29.1 Å². The molecular formula is C22H21N5O. The Balaban J connectivity index is 1.43. The van der Waals surface area contributed by atoms with Crippen molar-refractivity contribution >= 4 is 5.91 Å². The van der Waals surface area contributed by atoms with Crippen LogP contribution in [0.5, 0.6) is 0 Å². The average molecular weight is 371 g/mol. The molecule has 2 aromatic carbocycles. The molecular weight excluding hydrogens is 350 g/mol. The molecule has 0 atom stereocenters. The standard InChI is InChI=1S/C22H21N5O/c1-17-10-11-25-27(17)21-8-6-18(7-9-21)22(28)24-14-19-4-2-3-5-20(19)15-26-13-12-23-16-26/h2-13,16H,14-15H2,1H3,(H,24,28). The third kappa shape index (κ3) is 3.86. The summed E-state index contributed by atoms with van der Waals surface area (Å²) in [5.41, 5.74) is 4.86. The van der Waals surface area contributed by atoms with Crippen molar-refractivity contribution in [3.05, 3.63) is 102 Å². The maximum absolute atomic E-state index is 12.6. The molecule has 140 valence electrons. The topological polar surface area (TPSA) is 64.7 Å². The zero-order valence-electron chi connectivity index (χ0n) is 15.6. The van der Waals surface area contributed by atoms with E-state index in [4.69, 9.17) is 0 Å². The van der Waals surface area contributed by atoms with Gasteiger partial charge in [0, 0.05) is 42.9 Å². The Morgan fingerprint density at radius 1 is 1.00 bits per heavy atom. The molecule has 0 bridgehead atoms. The molecule has 0 saturated carbocycles. The largest absolute Gasteiger partial charge is 0.348 e. The fourth-order valence-electron chi connectivity index (χ4n) is 3.13. The van der Waals surface area contributed by atoms with Crippen molar-refractivity contribution < 1.29 is 4.79 Å². The van der Waals surface area contributed by atoms with Crippen LogP contribution < -0.4 is 5.32 Å². The monoisotopic (exact) mass is 371 g/mol. The first kappa shape index (κ1) is 17.7. The second-order valence-electron chi connectivity index (χ2n) is 6.62. The minimum Gasteiger partial charge on any atom is -0.348 e. The summed E-state index contributed by atoms with van der Waals surface area (Å²) < 4.78 is 3.85. The molecule has 2 aromatic heterocycles. The molecule has 0 spiro atoms. The van der Waals surface area contributed by atoms with Crippen LogP contribution in [0.2, 0.25) is 0 Å². The third-order valence-corrected chi connectivity index (χ3v) is 4.68. The fraction of sp³-hybridized carbons (Fsp3) is 0.136. The molecule has 0 unspecified atom stereocenters. The third-order valence-electron chi connectivity index (χ3n) is 4.68. The van der Waals surface area contributed by atoms with E-state index in [9.17, 15) is 4.79 Å². The number of aromatic nitrogens is 4. The molecule has 0 fully saturated rings. The van der Waals surface area contributed by atoms with Crippen LogP contribution in [0.15, 0.2) is 79.5 Å². The molecule has 6 nitrogen and oxygen atoms in total. The molecule has 2 heterocycles. The van der Waals surface area contributed by atoms with E-state index in [-0.39, 0.29) is 5.91 Å². The molecule has 0 saturated heterocycles. The number of amides is 1. The van der Waals surface area contributed by atoms with Gasteiger partial charge >= 0.3 is 0 Å². The van der Waals surface area contributed by atoms with Gasteiger partial charge in [-0.15, -0.1) is 0 Å². The van der Waals surface area contributed by atoms with Gasteiger partial charge in [0.05, 0.1) is 12.0 Å². The number of imidazole rings is 1. The van der Waals surface area contributed by atoms with Crippen LogP contribution in [0.1, 0.15) is 27.2 Å². The van der Waals surface area contributed by atoms with Crippen LogP contribution in [0.4, 0.5) is 0 Å². The zero-order chi connectivity index (χ0) is 19.3. The van der Waals surface area contributed by atoms with Crippen LogP contribution in [0.3, 0.4) is 0 Å². The van der Waals surface area contributed by atoms with Gasteiger partial charge in [-0.1, -0.05) is 24.3 Å². The minimum absolute atomic E-state index is 0.0961. The number of hydrogen-bond donors (Lipinski definition) is 1. The molecule has 6 heteroatoms. The highest BCUT2D eigenvalue weighted by Gasteiger charge is 2.09. The molecule has 4 aromatic rings. The second kappa shape index (κ2) is 7.92. The Bertz CT molecular complexity index is 1060. The maximum Gasteiger partial charge on any atom is 0.251 e. The average Bonchev–Trinajstić information content (AvgIpc) is 3.39. The summed E-state index contributed by atoms with van der Waals surface area (Å²) >= 11 is 0. The molecule has 1 amide bonds. The lowest BCUT2D eigenvalue weighted by atomic mass is 10.1. The zero-order valence-corrected chi connectivity index (χ0v) is 15.6. The predicted molar refractivity (Wildman–Crippen MR) is 107 cm³/mol. The van der Waals surface area contributed by atoms with E-state index in [1.54, 1.807) is 18.7 Å². The maximum atomic E-state index is 12.6. The predicted octanol–water partition coefficient (Wildman–Crippen LogP) is 3.36. The first-order chi connectivity index (χ1) is 13.7. The van der Waals surface area contributed by atoms with Gasteiger partial charge in [-0.05, 0) is 48.4 Å². The first-order valence-corrected chi connectivity index (χ1v) is 9.12. The van der Waals surface area contributed by atoms with Crippen molar-refractivity contribution in [1.82, 2.24) is 24.6 Å². The highest BCUT2D eigenvalue weighted by molar-refractivity contribution is 5.94. The first-order valence-electron chi connectivity index (χ1n) is 9.12. The Hall–Kier alpha value is -3.67. The van der Waals surface area contributed by atoms with Gasteiger partial charge in [-0.3, -0.25) is 4.79 Å². The molecule has 28 heavy (non-hydrogen) atoms. The summed E-state index contributed by atoms with van der Waals surface area (Å²) in [6.45, 7) is 3.20. The lowest BCUT2D eigenvalue weighted by Crippen LogP contribution is -2.23. The minimum atomic E-state index is -0.0961. The van der Waals surface area contributed by atoms with E-state index in [1.165, 1.54) is 0 Å². The van der Waals surface area contributed by atoms with E-state index in [1.807, 2.05) is 70.9 Å². The van der Waals surface area contributed by atoms with E-state index in [0.29, 0.717) is 12.1 Å². The molecule has 4 rings (SSSR count). The van der Waals surface area contributed by atoms with Gasteiger partial charge in [0.2, 0.25) is 0 Å². The normalized spacial score (nSPS) is 10.8. The van der Waals surface area contributed by atoms with Crippen molar-refractivity contribution in [2.75, 3.05) is 0 Å². The van der Waals surface area contributed by atoms with Gasteiger partial charge in [0.15, 0.2) is 0 Å². The van der Waals surface area contributed by atoms with Crippen LogP contribution in [-0.4, -0.2) is 25.2 Å². The van der Waals surface area contributed by atoms with E-state index < -0.39 is 0 Å². The summed E-state index contributed by atoms with van der Waals surface area (Å²) in [7, 11) is 0. The summed E-state index contributed by atoms with van der Waals surface area (Å²) in [5, 5.41) is 7.30. The second-order valence-corrected chi connectivity index (χ2v) is 6.62. The van der Waals surface area contributed by atoms with Crippen LogP contribution in [0, 0.1) is 6.92 Å². The highest BCUT2D eigenvalue weighted by atomic mass is 16.1. The van der Waals surface area contributed by atoms with Crippen LogP contribution in [0.25, 0.3) is 5.69 Å². The summed E-state index contributed by atoms with van der Waals surface area (Å²) in [4.78, 5) is 16.6. The number of nitrogens with zero attached hydrogens (tertiary/aromatic N) is 4. The van der Waals surface area contributed by atoms with Crippen molar-refractivity contribution in [2.24, 2.45) is 0 Å². The van der Waals surface area contributed by atoms with Crippen molar-refractivity contribution in [3.63, 3.8) is 0 Å². The van der Waals surface area contributed by atoms with Crippen molar-refractivity contribution in [3.8, 4) is 5.69 Å². The van der Waals surface area contributed by atoms with Crippen molar-refractivity contribution in [1.29, 1.82) is 0 Å². The van der Waals surface area contributed by atoms with Gasteiger partial charge in [-0.25, -0.2) is 9.67 Å².